The first-order valence-corrected chi connectivity index (χ1v) is 12.8. The van der Waals surface area contributed by atoms with E-state index < -0.39 is 6.04 Å². The van der Waals surface area contributed by atoms with Gasteiger partial charge in [-0.05, 0) is 70.6 Å². The number of nitrogens with one attached hydrogen (secondary N) is 1. The quantitative estimate of drug-likeness (QED) is 0.353. The minimum absolute atomic E-state index is 0.166. The summed E-state index contributed by atoms with van der Waals surface area (Å²) < 4.78 is 6.72. The molecule has 2 amide bonds. The molecule has 0 aliphatic heterocycles. The van der Waals surface area contributed by atoms with Crippen molar-refractivity contribution in [3.63, 3.8) is 0 Å². The summed E-state index contributed by atoms with van der Waals surface area (Å²) in [5.74, 6) is 0.183. The first kappa shape index (κ1) is 26.5. The number of amides is 2. The lowest BCUT2D eigenvalue weighted by Gasteiger charge is -2.32. The third-order valence-corrected chi connectivity index (χ3v) is 6.60. The van der Waals surface area contributed by atoms with Crippen LogP contribution in [-0.2, 0) is 29.0 Å². The van der Waals surface area contributed by atoms with Crippen molar-refractivity contribution in [1.82, 2.24) is 10.2 Å². The molecule has 1 atom stereocenters. The zero-order chi connectivity index (χ0) is 25.2. The number of hydrogen-bond donors (Lipinski definition) is 1. The molecule has 0 bridgehead atoms. The molecule has 0 aliphatic rings. The van der Waals surface area contributed by atoms with Crippen molar-refractivity contribution in [3.8, 4) is 5.75 Å². The van der Waals surface area contributed by atoms with Crippen molar-refractivity contribution in [2.24, 2.45) is 0 Å². The Morgan fingerprint density at radius 1 is 0.971 bits per heavy atom. The van der Waals surface area contributed by atoms with Gasteiger partial charge in [0.15, 0.2) is 6.61 Å². The highest BCUT2D eigenvalue weighted by Crippen LogP contribution is 2.26. The summed E-state index contributed by atoms with van der Waals surface area (Å²) in [6.45, 7) is 6.62. The number of aryl methyl sites for hydroxylation is 2. The van der Waals surface area contributed by atoms with Crippen molar-refractivity contribution in [1.29, 1.82) is 0 Å². The van der Waals surface area contributed by atoms with Crippen LogP contribution < -0.4 is 10.1 Å². The van der Waals surface area contributed by atoms with Crippen molar-refractivity contribution >= 4 is 27.7 Å². The van der Waals surface area contributed by atoms with Gasteiger partial charge in [-0.25, -0.2) is 0 Å². The van der Waals surface area contributed by atoms with E-state index in [1.165, 1.54) is 5.56 Å². The topological polar surface area (TPSA) is 58.6 Å². The summed E-state index contributed by atoms with van der Waals surface area (Å²) in [6.07, 6.45) is 1.33. The van der Waals surface area contributed by atoms with Gasteiger partial charge in [0.2, 0.25) is 5.91 Å². The van der Waals surface area contributed by atoms with Gasteiger partial charge >= 0.3 is 0 Å². The van der Waals surface area contributed by atoms with Crippen LogP contribution in [0.3, 0.4) is 0 Å². The van der Waals surface area contributed by atoms with Crippen LogP contribution in [0.15, 0.2) is 77.3 Å². The molecule has 3 aromatic carbocycles. The standard InChI is InChI=1S/C29H33BrN2O3/c1-4-22-15-16-27(25(30)17-22)35-20-28(33)32(19-24-14-10-9-11-21(24)3)26(29(34)31-5-2)18-23-12-7-6-8-13-23/h6-17,26H,4-5,18-20H2,1-3H3,(H,31,34)/t26-/m0/s1. The SMILES string of the molecule is CCNC(=O)[C@H](Cc1ccccc1)N(Cc1ccccc1C)C(=O)COc1ccc(CC)cc1Br. The van der Waals surface area contributed by atoms with E-state index in [-0.39, 0.29) is 18.4 Å². The number of carbonyl (C=O) groups is 2. The Hall–Kier alpha value is -3.12. The van der Waals surface area contributed by atoms with E-state index >= 15 is 0 Å². The molecule has 3 aromatic rings. The van der Waals surface area contributed by atoms with Crippen molar-refractivity contribution in [2.75, 3.05) is 13.2 Å². The van der Waals surface area contributed by atoms with Gasteiger partial charge in [-0.2, -0.15) is 0 Å². The van der Waals surface area contributed by atoms with Gasteiger partial charge in [-0.1, -0.05) is 67.6 Å². The molecule has 6 heteroatoms. The van der Waals surface area contributed by atoms with Crippen LogP contribution in [-0.4, -0.2) is 35.9 Å². The molecule has 35 heavy (non-hydrogen) atoms. The van der Waals surface area contributed by atoms with Gasteiger partial charge in [0.05, 0.1) is 4.47 Å². The smallest absolute Gasteiger partial charge is 0.261 e. The van der Waals surface area contributed by atoms with Gasteiger partial charge in [-0.3, -0.25) is 9.59 Å². The Morgan fingerprint density at radius 2 is 1.69 bits per heavy atom. The Labute approximate surface area is 216 Å². The number of halogens is 1. The van der Waals surface area contributed by atoms with E-state index in [0.717, 1.165) is 27.6 Å². The average Bonchev–Trinajstić information content (AvgIpc) is 2.87. The lowest BCUT2D eigenvalue weighted by molar-refractivity contribution is -0.142. The number of nitrogens with zero attached hydrogens (tertiary/aromatic N) is 1. The van der Waals surface area contributed by atoms with Gasteiger partial charge in [0, 0.05) is 19.5 Å². The molecular formula is C29H33BrN2O3. The van der Waals surface area contributed by atoms with Gasteiger partial charge in [0.1, 0.15) is 11.8 Å². The second-order valence-corrected chi connectivity index (χ2v) is 9.31. The number of ether oxygens (including phenoxy) is 1. The molecule has 5 nitrogen and oxygen atoms in total. The molecule has 0 aliphatic carbocycles. The first-order valence-electron chi connectivity index (χ1n) is 12.0. The highest BCUT2D eigenvalue weighted by atomic mass is 79.9. The molecule has 3 rings (SSSR count). The first-order chi connectivity index (χ1) is 16.9. The summed E-state index contributed by atoms with van der Waals surface area (Å²) in [7, 11) is 0. The minimum Gasteiger partial charge on any atom is -0.483 e. The second kappa shape index (κ2) is 13.1. The van der Waals surface area contributed by atoms with E-state index in [9.17, 15) is 9.59 Å². The van der Waals surface area contributed by atoms with Crippen LogP contribution in [0.25, 0.3) is 0 Å². The molecule has 0 heterocycles. The number of carbonyl (C=O) groups excluding carboxylic acids is 2. The zero-order valence-corrected chi connectivity index (χ0v) is 22.2. The molecule has 0 saturated heterocycles. The highest BCUT2D eigenvalue weighted by molar-refractivity contribution is 9.10. The van der Waals surface area contributed by atoms with Crippen LogP contribution >= 0.6 is 15.9 Å². The normalized spacial score (nSPS) is 11.5. The Kier molecular flexibility index (Phi) is 9.91. The average molecular weight is 537 g/mol. The predicted molar refractivity (Wildman–Crippen MR) is 143 cm³/mol. The maximum absolute atomic E-state index is 13.6. The fourth-order valence-electron chi connectivity index (χ4n) is 3.92. The molecule has 0 spiro atoms. The van der Waals surface area contributed by atoms with Crippen molar-refractivity contribution < 1.29 is 14.3 Å². The summed E-state index contributed by atoms with van der Waals surface area (Å²) in [5, 5.41) is 2.92. The molecule has 0 saturated carbocycles. The van der Waals surface area contributed by atoms with Crippen molar-refractivity contribution in [2.45, 2.75) is 46.2 Å². The van der Waals surface area contributed by atoms with Gasteiger partial charge in [0.25, 0.3) is 5.91 Å². The Bertz CT molecular complexity index is 1130. The number of rotatable bonds is 11. The maximum Gasteiger partial charge on any atom is 0.261 e. The van der Waals surface area contributed by atoms with E-state index in [1.54, 1.807) is 4.90 Å². The lowest BCUT2D eigenvalue weighted by Crippen LogP contribution is -2.51. The van der Waals surface area contributed by atoms with E-state index in [1.807, 2.05) is 86.6 Å². The summed E-state index contributed by atoms with van der Waals surface area (Å²) in [6, 6.07) is 22.9. The number of hydrogen-bond acceptors (Lipinski definition) is 3. The molecular weight excluding hydrogens is 504 g/mol. The van der Waals surface area contributed by atoms with Crippen LogP contribution in [0.2, 0.25) is 0 Å². The third kappa shape index (κ3) is 7.43. The van der Waals surface area contributed by atoms with E-state index in [2.05, 4.69) is 28.2 Å². The van der Waals surface area contributed by atoms with Gasteiger partial charge < -0.3 is 15.0 Å². The Balaban J connectivity index is 1.90. The van der Waals surface area contributed by atoms with Crippen molar-refractivity contribution in [3.05, 3.63) is 99.5 Å². The highest BCUT2D eigenvalue weighted by Gasteiger charge is 2.30. The monoisotopic (exact) mass is 536 g/mol. The zero-order valence-electron chi connectivity index (χ0n) is 20.6. The molecule has 1 N–H and O–H groups in total. The molecule has 184 valence electrons. The fourth-order valence-corrected chi connectivity index (χ4v) is 4.46. The fraction of sp³-hybridized carbons (Fsp3) is 0.310. The van der Waals surface area contributed by atoms with E-state index in [0.29, 0.717) is 25.3 Å². The molecule has 0 fully saturated rings. The van der Waals surface area contributed by atoms with Crippen LogP contribution in [0.1, 0.15) is 36.1 Å². The Morgan fingerprint density at radius 3 is 2.34 bits per heavy atom. The van der Waals surface area contributed by atoms with E-state index in [4.69, 9.17) is 4.74 Å². The largest absolute Gasteiger partial charge is 0.483 e. The summed E-state index contributed by atoms with van der Waals surface area (Å²) in [4.78, 5) is 28.5. The van der Waals surface area contributed by atoms with Crippen LogP contribution in [0.5, 0.6) is 5.75 Å². The van der Waals surface area contributed by atoms with Crippen LogP contribution in [0.4, 0.5) is 0 Å². The molecule has 0 aromatic heterocycles. The minimum atomic E-state index is -0.668. The number of benzene rings is 3. The third-order valence-electron chi connectivity index (χ3n) is 5.98. The molecule has 0 unspecified atom stereocenters. The number of likely N-dealkylation sites (N-methyl/N-ethyl adjacent to an activating group) is 1. The maximum atomic E-state index is 13.6. The summed E-state index contributed by atoms with van der Waals surface area (Å²) in [5.41, 5.74) is 4.23. The predicted octanol–water partition coefficient (Wildman–Crippen LogP) is 5.47. The molecule has 0 radical (unpaired) electrons. The lowest BCUT2D eigenvalue weighted by atomic mass is 10.0. The second-order valence-electron chi connectivity index (χ2n) is 8.46. The van der Waals surface area contributed by atoms with Gasteiger partial charge in [-0.15, -0.1) is 0 Å². The van der Waals surface area contributed by atoms with Crippen LogP contribution in [0, 0.1) is 6.92 Å². The summed E-state index contributed by atoms with van der Waals surface area (Å²) >= 11 is 3.54.